The van der Waals surface area contributed by atoms with Crippen LogP contribution in [-0.4, -0.2) is 17.6 Å². The normalized spacial score (nSPS) is 12.5. The van der Waals surface area contributed by atoms with Gasteiger partial charge in [-0.05, 0) is 31.9 Å². The largest absolute Gasteiger partial charge is 0.492 e. The van der Waals surface area contributed by atoms with Crippen LogP contribution < -0.4 is 10.5 Å². The maximum absolute atomic E-state index is 5.60. The highest BCUT2D eigenvalue weighted by molar-refractivity contribution is 5.15. The zero-order valence-corrected chi connectivity index (χ0v) is 7.94. The number of aromatic nitrogens is 1. The molecule has 0 spiro atoms. The summed E-state index contributed by atoms with van der Waals surface area (Å²) in [4.78, 5) is 3.95. The van der Waals surface area contributed by atoms with Crippen LogP contribution in [0.2, 0.25) is 0 Å². The third-order valence-electron chi connectivity index (χ3n) is 1.71. The van der Waals surface area contributed by atoms with Crippen LogP contribution in [0.3, 0.4) is 0 Å². The maximum atomic E-state index is 5.60. The number of ether oxygens (including phenoxy) is 1. The highest BCUT2D eigenvalue weighted by Crippen LogP contribution is 2.06. The van der Waals surface area contributed by atoms with Crippen molar-refractivity contribution in [1.82, 2.24) is 4.98 Å². The second kappa shape index (κ2) is 5.54. The molecule has 1 rings (SSSR count). The Morgan fingerprint density at radius 3 is 3.08 bits per heavy atom. The minimum atomic E-state index is 0.262. The minimum absolute atomic E-state index is 0.262. The molecule has 0 saturated carbocycles. The van der Waals surface area contributed by atoms with Crippen molar-refractivity contribution in [3.05, 3.63) is 24.5 Å². The SMILES string of the molecule is CC(N)CCCOc1cccnc1. The molecule has 0 aromatic carbocycles. The van der Waals surface area contributed by atoms with Gasteiger partial charge in [-0.25, -0.2) is 0 Å². The van der Waals surface area contributed by atoms with Gasteiger partial charge in [0.15, 0.2) is 0 Å². The number of hydrogen-bond acceptors (Lipinski definition) is 3. The maximum Gasteiger partial charge on any atom is 0.137 e. The van der Waals surface area contributed by atoms with Crippen molar-refractivity contribution < 1.29 is 4.74 Å². The number of nitrogens with two attached hydrogens (primary N) is 1. The summed E-state index contributed by atoms with van der Waals surface area (Å²) in [6, 6.07) is 4.03. The Balaban J connectivity index is 2.13. The lowest BCUT2D eigenvalue weighted by Gasteiger charge is -2.06. The van der Waals surface area contributed by atoms with Crippen LogP contribution in [0.4, 0.5) is 0 Å². The van der Waals surface area contributed by atoms with Gasteiger partial charge in [-0.3, -0.25) is 4.98 Å². The Morgan fingerprint density at radius 1 is 1.62 bits per heavy atom. The first-order chi connectivity index (χ1) is 6.29. The van der Waals surface area contributed by atoms with Gasteiger partial charge in [-0.1, -0.05) is 0 Å². The summed E-state index contributed by atoms with van der Waals surface area (Å²) in [5, 5.41) is 0. The zero-order valence-electron chi connectivity index (χ0n) is 7.94. The molecule has 0 amide bonds. The molecule has 72 valence electrons. The molecule has 0 saturated heterocycles. The highest BCUT2D eigenvalue weighted by Gasteiger charge is 1.95. The minimum Gasteiger partial charge on any atom is -0.492 e. The molecule has 1 atom stereocenters. The standard InChI is InChI=1S/C10H16N2O/c1-9(11)4-3-7-13-10-5-2-6-12-8-10/h2,5-6,8-9H,3-4,7,11H2,1H3. The molecule has 1 unspecified atom stereocenters. The summed E-state index contributed by atoms with van der Waals surface area (Å²) in [5.74, 6) is 0.826. The summed E-state index contributed by atoms with van der Waals surface area (Å²) in [6.45, 7) is 2.72. The van der Waals surface area contributed by atoms with E-state index in [1.165, 1.54) is 0 Å². The van der Waals surface area contributed by atoms with Gasteiger partial charge in [0.25, 0.3) is 0 Å². The van der Waals surface area contributed by atoms with Crippen LogP contribution >= 0.6 is 0 Å². The summed E-state index contributed by atoms with van der Waals surface area (Å²) < 4.78 is 5.44. The van der Waals surface area contributed by atoms with Crippen molar-refractivity contribution in [2.45, 2.75) is 25.8 Å². The third-order valence-corrected chi connectivity index (χ3v) is 1.71. The van der Waals surface area contributed by atoms with Gasteiger partial charge in [0.05, 0.1) is 12.8 Å². The molecular weight excluding hydrogens is 164 g/mol. The molecule has 1 aromatic rings. The van der Waals surface area contributed by atoms with Crippen LogP contribution in [0.15, 0.2) is 24.5 Å². The van der Waals surface area contributed by atoms with Crippen molar-refractivity contribution in [1.29, 1.82) is 0 Å². The van der Waals surface area contributed by atoms with Gasteiger partial charge in [-0.2, -0.15) is 0 Å². The molecule has 0 bridgehead atoms. The number of nitrogens with zero attached hydrogens (tertiary/aromatic N) is 1. The van der Waals surface area contributed by atoms with Crippen LogP contribution in [-0.2, 0) is 0 Å². The van der Waals surface area contributed by atoms with Gasteiger partial charge in [0.1, 0.15) is 5.75 Å². The number of hydrogen-bond donors (Lipinski definition) is 1. The second-order valence-electron chi connectivity index (χ2n) is 3.16. The van der Waals surface area contributed by atoms with E-state index >= 15 is 0 Å². The Labute approximate surface area is 78.9 Å². The van der Waals surface area contributed by atoms with Gasteiger partial charge >= 0.3 is 0 Å². The van der Waals surface area contributed by atoms with Gasteiger partial charge < -0.3 is 10.5 Å². The first-order valence-corrected chi connectivity index (χ1v) is 4.57. The molecule has 0 aliphatic rings. The van der Waals surface area contributed by atoms with E-state index in [0.717, 1.165) is 18.6 Å². The Hall–Kier alpha value is -1.09. The molecule has 3 nitrogen and oxygen atoms in total. The fourth-order valence-corrected chi connectivity index (χ4v) is 1.03. The summed E-state index contributed by atoms with van der Waals surface area (Å²) in [5.41, 5.74) is 5.60. The van der Waals surface area contributed by atoms with E-state index < -0.39 is 0 Å². The lowest BCUT2D eigenvalue weighted by atomic mass is 10.2. The Kier molecular flexibility index (Phi) is 4.26. The first-order valence-electron chi connectivity index (χ1n) is 4.57. The van der Waals surface area contributed by atoms with Crippen LogP contribution in [0, 0.1) is 0 Å². The van der Waals surface area contributed by atoms with E-state index in [1.807, 2.05) is 19.1 Å². The van der Waals surface area contributed by atoms with E-state index in [0.29, 0.717) is 6.61 Å². The number of rotatable bonds is 5. The van der Waals surface area contributed by atoms with Crippen LogP contribution in [0.25, 0.3) is 0 Å². The number of pyridine rings is 1. The molecule has 0 radical (unpaired) electrons. The van der Waals surface area contributed by atoms with Crippen LogP contribution in [0.5, 0.6) is 5.75 Å². The van der Waals surface area contributed by atoms with Gasteiger partial charge in [0.2, 0.25) is 0 Å². The van der Waals surface area contributed by atoms with Crippen LogP contribution in [0.1, 0.15) is 19.8 Å². The zero-order chi connectivity index (χ0) is 9.52. The highest BCUT2D eigenvalue weighted by atomic mass is 16.5. The predicted molar refractivity (Wildman–Crippen MR) is 52.6 cm³/mol. The predicted octanol–water partition coefficient (Wildman–Crippen LogP) is 1.59. The van der Waals surface area contributed by atoms with Crippen molar-refractivity contribution in [3.8, 4) is 5.75 Å². The summed E-state index contributed by atoms with van der Waals surface area (Å²) in [6.07, 6.45) is 5.44. The topological polar surface area (TPSA) is 48.1 Å². The Morgan fingerprint density at radius 2 is 2.46 bits per heavy atom. The fourth-order valence-electron chi connectivity index (χ4n) is 1.03. The Bertz CT molecular complexity index is 224. The van der Waals surface area contributed by atoms with Crippen molar-refractivity contribution in [3.63, 3.8) is 0 Å². The van der Waals surface area contributed by atoms with E-state index in [4.69, 9.17) is 10.5 Å². The van der Waals surface area contributed by atoms with Crippen molar-refractivity contribution >= 4 is 0 Å². The fraction of sp³-hybridized carbons (Fsp3) is 0.500. The van der Waals surface area contributed by atoms with Gasteiger partial charge in [0, 0.05) is 12.2 Å². The molecular formula is C10H16N2O. The van der Waals surface area contributed by atoms with Gasteiger partial charge in [-0.15, -0.1) is 0 Å². The second-order valence-corrected chi connectivity index (χ2v) is 3.16. The molecule has 3 heteroatoms. The van der Waals surface area contributed by atoms with E-state index in [9.17, 15) is 0 Å². The van der Waals surface area contributed by atoms with E-state index in [1.54, 1.807) is 12.4 Å². The lowest BCUT2D eigenvalue weighted by Crippen LogP contribution is -2.15. The molecule has 1 aromatic heterocycles. The van der Waals surface area contributed by atoms with Crippen molar-refractivity contribution in [2.75, 3.05) is 6.61 Å². The summed E-state index contributed by atoms with van der Waals surface area (Å²) in [7, 11) is 0. The third kappa shape index (κ3) is 4.48. The molecule has 0 aliphatic carbocycles. The lowest BCUT2D eigenvalue weighted by molar-refractivity contribution is 0.301. The smallest absolute Gasteiger partial charge is 0.137 e. The monoisotopic (exact) mass is 180 g/mol. The molecule has 0 aliphatic heterocycles. The van der Waals surface area contributed by atoms with Crippen molar-refractivity contribution in [2.24, 2.45) is 5.73 Å². The summed E-state index contributed by atoms with van der Waals surface area (Å²) >= 11 is 0. The first kappa shape index (κ1) is 9.99. The average molecular weight is 180 g/mol. The average Bonchev–Trinajstić information content (AvgIpc) is 2.14. The van der Waals surface area contributed by atoms with E-state index in [-0.39, 0.29) is 6.04 Å². The molecule has 1 heterocycles. The van der Waals surface area contributed by atoms with E-state index in [2.05, 4.69) is 4.98 Å². The molecule has 0 fully saturated rings. The molecule has 2 N–H and O–H groups in total. The molecule has 13 heavy (non-hydrogen) atoms. The quantitative estimate of drug-likeness (QED) is 0.700.